The van der Waals surface area contributed by atoms with Gasteiger partial charge in [-0.1, -0.05) is 6.92 Å². The fourth-order valence-electron chi connectivity index (χ4n) is 3.57. The van der Waals surface area contributed by atoms with Gasteiger partial charge in [-0.3, -0.25) is 9.59 Å². The number of hydrogen-bond acceptors (Lipinski definition) is 4. The lowest BCUT2D eigenvalue weighted by Gasteiger charge is -2.39. The monoisotopic (exact) mass is 321 g/mol. The van der Waals surface area contributed by atoms with Gasteiger partial charge in [0.2, 0.25) is 11.8 Å². The molecule has 2 saturated heterocycles. The van der Waals surface area contributed by atoms with Crippen molar-refractivity contribution >= 4 is 23.2 Å². The quantitative estimate of drug-likeness (QED) is 0.837. The number of carbonyl (C=O) groups is 2. The van der Waals surface area contributed by atoms with Gasteiger partial charge < -0.3 is 9.80 Å². The molecule has 0 aliphatic carbocycles. The van der Waals surface area contributed by atoms with Crippen molar-refractivity contribution in [3.63, 3.8) is 0 Å². The fraction of sp³-hybridized carbons (Fsp3) is 0.688. The van der Waals surface area contributed by atoms with Gasteiger partial charge in [0.25, 0.3) is 0 Å². The maximum Gasteiger partial charge on any atom is 0.245 e. The van der Waals surface area contributed by atoms with Crippen molar-refractivity contribution in [3.05, 3.63) is 16.6 Å². The van der Waals surface area contributed by atoms with Crippen molar-refractivity contribution < 1.29 is 9.59 Å². The first kappa shape index (κ1) is 15.5. The highest BCUT2D eigenvalue weighted by molar-refractivity contribution is 7.09. The first-order valence-corrected chi connectivity index (χ1v) is 8.85. The van der Waals surface area contributed by atoms with Gasteiger partial charge in [0.15, 0.2) is 0 Å². The second-order valence-corrected chi connectivity index (χ2v) is 7.49. The van der Waals surface area contributed by atoms with Gasteiger partial charge >= 0.3 is 0 Å². The molecular formula is C16H23N3O2S. The number of hydrogen-bond donors (Lipinski definition) is 0. The third-order valence-corrected chi connectivity index (χ3v) is 6.15. The number of aromatic nitrogens is 1. The molecule has 22 heavy (non-hydrogen) atoms. The van der Waals surface area contributed by atoms with E-state index in [0.717, 1.165) is 45.3 Å². The van der Waals surface area contributed by atoms with E-state index in [9.17, 15) is 9.59 Å². The lowest BCUT2D eigenvalue weighted by Crippen LogP contribution is -2.51. The lowest BCUT2D eigenvalue weighted by molar-refractivity contribution is -0.143. The fourth-order valence-corrected chi connectivity index (χ4v) is 4.43. The summed E-state index contributed by atoms with van der Waals surface area (Å²) in [5.74, 6) is 0.148. The number of carbonyl (C=O) groups excluding carboxylic acids is 2. The molecule has 2 amide bonds. The topological polar surface area (TPSA) is 53.5 Å². The SMILES string of the molecule is CC(=O)N1CCC[C@H]1C(=O)N1CCC(C)(c2nccs2)CC1. The Kier molecular flexibility index (Phi) is 4.21. The van der Waals surface area contributed by atoms with Gasteiger partial charge in [-0.15, -0.1) is 11.3 Å². The summed E-state index contributed by atoms with van der Waals surface area (Å²) in [6.45, 7) is 6.04. The molecule has 0 radical (unpaired) electrons. The molecule has 6 heteroatoms. The molecule has 3 heterocycles. The van der Waals surface area contributed by atoms with Gasteiger partial charge in [0.1, 0.15) is 6.04 Å². The van der Waals surface area contributed by atoms with E-state index < -0.39 is 0 Å². The van der Waals surface area contributed by atoms with E-state index in [-0.39, 0.29) is 23.3 Å². The van der Waals surface area contributed by atoms with Crippen LogP contribution in [0, 0.1) is 0 Å². The van der Waals surface area contributed by atoms with Crippen molar-refractivity contribution in [2.45, 2.75) is 51.0 Å². The summed E-state index contributed by atoms with van der Waals surface area (Å²) in [4.78, 5) is 32.5. The molecule has 0 aromatic carbocycles. The van der Waals surface area contributed by atoms with Crippen LogP contribution in [0.1, 0.15) is 44.5 Å². The van der Waals surface area contributed by atoms with Crippen LogP contribution in [0.15, 0.2) is 11.6 Å². The van der Waals surface area contributed by atoms with E-state index in [1.807, 2.05) is 16.5 Å². The first-order chi connectivity index (χ1) is 10.5. The van der Waals surface area contributed by atoms with Crippen LogP contribution in [0.5, 0.6) is 0 Å². The minimum Gasteiger partial charge on any atom is -0.341 e. The van der Waals surface area contributed by atoms with Crippen LogP contribution in [0.25, 0.3) is 0 Å². The number of likely N-dealkylation sites (tertiary alicyclic amines) is 2. The molecule has 2 aliphatic rings. The van der Waals surface area contributed by atoms with Crippen LogP contribution in [0.2, 0.25) is 0 Å². The second kappa shape index (κ2) is 5.99. The Bertz CT molecular complexity index is 550. The summed E-state index contributed by atoms with van der Waals surface area (Å²) in [6.07, 6.45) is 5.48. The Balaban J connectivity index is 1.64. The summed E-state index contributed by atoms with van der Waals surface area (Å²) in [7, 11) is 0. The molecule has 0 bridgehead atoms. The highest BCUT2D eigenvalue weighted by Crippen LogP contribution is 2.36. The largest absolute Gasteiger partial charge is 0.341 e. The maximum absolute atomic E-state index is 12.7. The van der Waals surface area contributed by atoms with Gasteiger partial charge in [-0.2, -0.15) is 0 Å². The third-order valence-electron chi connectivity index (χ3n) is 5.07. The van der Waals surface area contributed by atoms with Gasteiger partial charge in [-0.05, 0) is 25.7 Å². The molecule has 2 fully saturated rings. The van der Waals surface area contributed by atoms with Crippen molar-refractivity contribution in [2.75, 3.05) is 19.6 Å². The highest BCUT2D eigenvalue weighted by atomic mass is 32.1. The summed E-state index contributed by atoms with van der Waals surface area (Å²) in [5.41, 5.74) is 0.0842. The zero-order valence-corrected chi connectivity index (χ0v) is 14.1. The molecule has 0 spiro atoms. The predicted octanol–water partition coefficient (Wildman–Crippen LogP) is 2.03. The summed E-state index contributed by atoms with van der Waals surface area (Å²) < 4.78 is 0. The van der Waals surface area contributed by atoms with E-state index in [2.05, 4.69) is 11.9 Å². The Morgan fingerprint density at radius 1 is 1.32 bits per heavy atom. The molecule has 5 nitrogen and oxygen atoms in total. The van der Waals surface area contributed by atoms with Crippen LogP contribution in [-0.2, 0) is 15.0 Å². The van der Waals surface area contributed by atoms with Crippen molar-refractivity contribution in [1.82, 2.24) is 14.8 Å². The van der Waals surface area contributed by atoms with Crippen molar-refractivity contribution in [3.8, 4) is 0 Å². The zero-order valence-electron chi connectivity index (χ0n) is 13.2. The second-order valence-electron chi connectivity index (χ2n) is 6.59. The zero-order chi connectivity index (χ0) is 15.7. The Hall–Kier alpha value is -1.43. The van der Waals surface area contributed by atoms with Crippen LogP contribution in [-0.4, -0.2) is 52.3 Å². The maximum atomic E-state index is 12.7. The highest BCUT2D eigenvalue weighted by Gasteiger charge is 2.39. The normalized spacial score (nSPS) is 24.5. The van der Waals surface area contributed by atoms with Gasteiger partial charge in [0, 0.05) is 43.5 Å². The summed E-state index contributed by atoms with van der Waals surface area (Å²) >= 11 is 1.70. The number of piperidine rings is 1. The van der Waals surface area contributed by atoms with E-state index >= 15 is 0 Å². The lowest BCUT2D eigenvalue weighted by atomic mass is 9.81. The average Bonchev–Trinajstić information content (AvgIpc) is 3.19. The Labute approximate surface area is 135 Å². The van der Waals surface area contributed by atoms with Gasteiger partial charge in [0.05, 0.1) is 5.01 Å². The number of nitrogens with zero attached hydrogens (tertiary/aromatic N) is 3. The number of amides is 2. The molecule has 1 atom stereocenters. The number of rotatable bonds is 2. The van der Waals surface area contributed by atoms with Gasteiger partial charge in [-0.25, -0.2) is 4.98 Å². The minimum atomic E-state index is -0.235. The molecular weight excluding hydrogens is 298 g/mol. The third kappa shape index (κ3) is 2.76. The van der Waals surface area contributed by atoms with E-state index in [4.69, 9.17) is 0 Å². The van der Waals surface area contributed by atoms with Crippen LogP contribution >= 0.6 is 11.3 Å². The van der Waals surface area contributed by atoms with Crippen molar-refractivity contribution in [1.29, 1.82) is 0 Å². The molecule has 1 aromatic rings. The Morgan fingerprint density at radius 3 is 2.64 bits per heavy atom. The molecule has 0 saturated carbocycles. The number of thiazole rings is 1. The van der Waals surface area contributed by atoms with Crippen LogP contribution in [0.3, 0.4) is 0 Å². The van der Waals surface area contributed by atoms with Crippen LogP contribution in [0.4, 0.5) is 0 Å². The standard InChI is InChI=1S/C16H23N3O2S/c1-12(20)19-8-3-4-13(19)14(21)18-9-5-16(2,6-10-18)15-17-7-11-22-15/h7,11,13H,3-6,8-10H2,1-2H3/t13-/m0/s1. The van der Waals surface area contributed by atoms with E-state index in [1.165, 1.54) is 5.01 Å². The van der Waals surface area contributed by atoms with E-state index in [1.54, 1.807) is 23.2 Å². The molecule has 120 valence electrons. The first-order valence-electron chi connectivity index (χ1n) is 7.97. The molecule has 0 N–H and O–H groups in total. The van der Waals surface area contributed by atoms with Crippen molar-refractivity contribution in [2.24, 2.45) is 0 Å². The smallest absolute Gasteiger partial charge is 0.245 e. The average molecular weight is 321 g/mol. The molecule has 1 aromatic heterocycles. The Morgan fingerprint density at radius 2 is 2.05 bits per heavy atom. The summed E-state index contributed by atoms with van der Waals surface area (Å²) in [5, 5.41) is 3.19. The van der Waals surface area contributed by atoms with Crippen LogP contribution < -0.4 is 0 Å². The summed E-state index contributed by atoms with van der Waals surface area (Å²) in [6, 6.07) is -0.235. The predicted molar refractivity (Wildman–Crippen MR) is 85.7 cm³/mol. The molecule has 0 unspecified atom stereocenters. The van der Waals surface area contributed by atoms with E-state index in [0.29, 0.717) is 0 Å². The minimum absolute atomic E-state index is 0.0143. The molecule has 3 rings (SSSR count). The molecule has 2 aliphatic heterocycles.